The van der Waals surface area contributed by atoms with Crippen LogP contribution in [0.2, 0.25) is 5.02 Å². The molecule has 6 nitrogen and oxygen atoms in total. The van der Waals surface area contributed by atoms with Gasteiger partial charge in [-0.05, 0) is 41.8 Å². The molecule has 1 aromatic carbocycles. The van der Waals surface area contributed by atoms with Gasteiger partial charge in [0.05, 0.1) is 11.4 Å². The molecule has 1 unspecified atom stereocenters. The molecule has 122 valence electrons. The lowest BCUT2D eigenvalue weighted by Crippen LogP contribution is -2.34. The van der Waals surface area contributed by atoms with Gasteiger partial charge in [0.1, 0.15) is 11.1 Å². The lowest BCUT2D eigenvalue weighted by molar-refractivity contribution is 0.143. The minimum Gasteiger partial charge on any atom is -0.443 e. The van der Waals surface area contributed by atoms with E-state index in [0.717, 1.165) is 5.00 Å². The van der Waals surface area contributed by atoms with Crippen LogP contribution in [0.5, 0.6) is 0 Å². The third-order valence-electron chi connectivity index (χ3n) is 3.27. The van der Waals surface area contributed by atoms with Crippen molar-refractivity contribution in [2.45, 2.75) is 11.0 Å². The molecule has 1 fully saturated rings. The summed E-state index contributed by atoms with van der Waals surface area (Å²) < 4.78 is 32.0. The van der Waals surface area contributed by atoms with Crippen LogP contribution in [-0.4, -0.2) is 33.7 Å². The molecule has 9 heteroatoms. The molecule has 2 aromatic rings. The van der Waals surface area contributed by atoms with Crippen LogP contribution in [0, 0.1) is 0 Å². The summed E-state index contributed by atoms with van der Waals surface area (Å²) in [6.45, 7) is 0.320. The van der Waals surface area contributed by atoms with Gasteiger partial charge in [-0.3, -0.25) is 4.90 Å². The van der Waals surface area contributed by atoms with Crippen LogP contribution >= 0.6 is 22.9 Å². The summed E-state index contributed by atoms with van der Waals surface area (Å²) in [5, 5.41) is 3.09. The summed E-state index contributed by atoms with van der Waals surface area (Å²) in [5.41, 5.74) is 0. The number of anilines is 1. The number of hydrogen-bond acceptors (Lipinski definition) is 5. The van der Waals surface area contributed by atoms with E-state index in [2.05, 4.69) is 4.72 Å². The van der Waals surface area contributed by atoms with Crippen molar-refractivity contribution < 1.29 is 17.9 Å². The first kappa shape index (κ1) is 16.3. The van der Waals surface area contributed by atoms with Crippen molar-refractivity contribution in [2.75, 3.05) is 18.0 Å². The third-order valence-corrected chi connectivity index (χ3v) is 5.85. The molecule has 3 rings (SSSR count). The highest BCUT2D eigenvalue weighted by Gasteiger charge is 2.33. The summed E-state index contributed by atoms with van der Waals surface area (Å²) in [5.74, 6) is 0. The maximum absolute atomic E-state index is 12.2. The first-order valence-electron chi connectivity index (χ1n) is 6.72. The number of carbonyl (C=O) groups excluding carboxylic acids is 1. The number of benzene rings is 1. The number of ether oxygens (including phenoxy) is 1. The van der Waals surface area contributed by atoms with Gasteiger partial charge in [-0.25, -0.2) is 17.9 Å². The predicted molar refractivity (Wildman–Crippen MR) is 88.6 cm³/mol. The van der Waals surface area contributed by atoms with Crippen LogP contribution in [0.15, 0.2) is 46.7 Å². The zero-order chi connectivity index (χ0) is 16.4. The number of cyclic esters (lactones) is 1. The maximum atomic E-state index is 12.2. The first-order valence-corrected chi connectivity index (χ1v) is 9.47. The molecule has 0 saturated carbocycles. The minimum absolute atomic E-state index is 0.0125. The lowest BCUT2D eigenvalue weighted by Gasteiger charge is -2.11. The van der Waals surface area contributed by atoms with E-state index >= 15 is 0 Å². The highest BCUT2D eigenvalue weighted by molar-refractivity contribution is 7.89. The normalized spacial score (nSPS) is 18.2. The number of amides is 1. The number of carbonyl (C=O) groups is 1. The molecule has 1 saturated heterocycles. The predicted octanol–water partition coefficient (Wildman–Crippen LogP) is 2.71. The fourth-order valence-corrected chi connectivity index (χ4v) is 4.05. The average molecular weight is 373 g/mol. The van der Waals surface area contributed by atoms with E-state index in [-0.39, 0.29) is 11.4 Å². The molecule has 23 heavy (non-hydrogen) atoms. The fraction of sp³-hybridized carbons (Fsp3) is 0.214. The largest absolute Gasteiger partial charge is 0.443 e. The molecular weight excluding hydrogens is 360 g/mol. The second-order valence-corrected chi connectivity index (χ2v) is 8.00. The van der Waals surface area contributed by atoms with Crippen molar-refractivity contribution in [1.82, 2.24) is 4.72 Å². The molecule has 1 amide bonds. The van der Waals surface area contributed by atoms with Gasteiger partial charge in [-0.15, -0.1) is 11.3 Å². The number of sulfonamides is 1. The van der Waals surface area contributed by atoms with E-state index in [4.69, 9.17) is 16.3 Å². The van der Waals surface area contributed by atoms with E-state index in [1.54, 1.807) is 0 Å². The van der Waals surface area contributed by atoms with Gasteiger partial charge in [-0.1, -0.05) is 11.6 Å². The minimum atomic E-state index is -3.67. The van der Waals surface area contributed by atoms with Crippen LogP contribution in [-0.2, 0) is 14.8 Å². The topological polar surface area (TPSA) is 75.7 Å². The Morgan fingerprint density at radius 3 is 2.70 bits per heavy atom. The zero-order valence-corrected chi connectivity index (χ0v) is 14.2. The zero-order valence-electron chi connectivity index (χ0n) is 11.8. The van der Waals surface area contributed by atoms with E-state index in [0.29, 0.717) is 11.6 Å². The van der Waals surface area contributed by atoms with Crippen molar-refractivity contribution >= 4 is 44.1 Å². The van der Waals surface area contributed by atoms with Crippen molar-refractivity contribution in [1.29, 1.82) is 0 Å². The first-order chi connectivity index (χ1) is 11.0. The van der Waals surface area contributed by atoms with Gasteiger partial charge < -0.3 is 4.74 Å². The third kappa shape index (κ3) is 3.66. The monoisotopic (exact) mass is 372 g/mol. The van der Waals surface area contributed by atoms with Gasteiger partial charge in [0, 0.05) is 11.6 Å². The summed E-state index contributed by atoms with van der Waals surface area (Å²) in [6.07, 6.45) is -1.00. The Morgan fingerprint density at radius 2 is 2.04 bits per heavy atom. The second kappa shape index (κ2) is 6.48. The van der Waals surface area contributed by atoms with Crippen molar-refractivity contribution in [3.63, 3.8) is 0 Å². The van der Waals surface area contributed by atoms with E-state index in [1.165, 1.54) is 40.5 Å². The fourth-order valence-electron chi connectivity index (χ4n) is 2.13. The van der Waals surface area contributed by atoms with E-state index < -0.39 is 22.2 Å². The Hall–Kier alpha value is -1.61. The summed E-state index contributed by atoms with van der Waals surface area (Å²) >= 11 is 7.17. The SMILES string of the molecule is O=C1OC(CNS(=O)(=O)c2ccc(Cl)cc2)CN1c1cccs1. The number of halogens is 1. The molecule has 1 aromatic heterocycles. The van der Waals surface area contributed by atoms with Gasteiger partial charge >= 0.3 is 6.09 Å². The summed E-state index contributed by atoms with van der Waals surface area (Å²) in [6, 6.07) is 9.50. The number of nitrogens with zero attached hydrogens (tertiary/aromatic N) is 1. The van der Waals surface area contributed by atoms with Crippen LogP contribution in [0.25, 0.3) is 0 Å². The van der Waals surface area contributed by atoms with E-state index in [1.807, 2.05) is 17.5 Å². The Bertz CT molecular complexity index is 791. The van der Waals surface area contributed by atoms with Gasteiger partial charge in [0.25, 0.3) is 0 Å². The molecule has 0 spiro atoms. The Balaban J connectivity index is 1.62. The van der Waals surface area contributed by atoms with Crippen molar-refractivity contribution in [3.8, 4) is 0 Å². The standard InChI is InChI=1S/C14H13ClN2O4S2/c15-10-3-5-12(6-4-10)23(19,20)16-8-11-9-17(14(18)21-11)13-2-1-7-22-13/h1-7,11,16H,8-9H2. The number of thiophene rings is 1. The number of hydrogen-bond donors (Lipinski definition) is 1. The molecule has 1 aliphatic heterocycles. The number of nitrogens with one attached hydrogen (secondary N) is 1. The Kier molecular flexibility index (Phi) is 4.58. The summed E-state index contributed by atoms with van der Waals surface area (Å²) in [4.78, 5) is 13.4. The van der Waals surface area contributed by atoms with Crippen molar-refractivity contribution in [2.24, 2.45) is 0 Å². The quantitative estimate of drug-likeness (QED) is 0.875. The van der Waals surface area contributed by atoms with Gasteiger partial charge in [0.15, 0.2) is 0 Å². The molecule has 0 aliphatic carbocycles. The molecular formula is C14H13ClN2O4S2. The van der Waals surface area contributed by atoms with Crippen LogP contribution in [0.1, 0.15) is 0 Å². The highest BCUT2D eigenvalue weighted by atomic mass is 35.5. The Morgan fingerprint density at radius 1 is 1.30 bits per heavy atom. The molecule has 2 heterocycles. The smallest absolute Gasteiger partial charge is 0.415 e. The lowest BCUT2D eigenvalue weighted by atomic mass is 10.3. The Labute approximate surface area is 142 Å². The molecule has 1 aliphatic rings. The highest BCUT2D eigenvalue weighted by Crippen LogP contribution is 2.26. The number of rotatable bonds is 5. The van der Waals surface area contributed by atoms with Crippen LogP contribution in [0.4, 0.5) is 9.80 Å². The molecule has 1 N–H and O–H groups in total. The van der Waals surface area contributed by atoms with Crippen LogP contribution < -0.4 is 9.62 Å². The maximum Gasteiger partial charge on any atom is 0.415 e. The van der Waals surface area contributed by atoms with Crippen molar-refractivity contribution in [3.05, 3.63) is 46.8 Å². The van der Waals surface area contributed by atoms with E-state index in [9.17, 15) is 13.2 Å². The molecule has 0 bridgehead atoms. The molecule has 1 atom stereocenters. The van der Waals surface area contributed by atoms with Gasteiger partial charge in [0.2, 0.25) is 10.0 Å². The van der Waals surface area contributed by atoms with Gasteiger partial charge in [-0.2, -0.15) is 0 Å². The second-order valence-electron chi connectivity index (χ2n) is 4.87. The van der Waals surface area contributed by atoms with Crippen LogP contribution in [0.3, 0.4) is 0 Å². The molecule has 0 radical (unpaired) electrons. The summed E-state index contributed by atoms with van der Waals surface area (Å²) in [7, 11) is -3.67. The average Bonchev–Trinajstić information content (AvgIpc) is 3.15.